The van der Waals surface area contributed by atoms with E-state index in [9.17, 15) is 0 Å². The van der Waals surface area contributed by atoms with Gasteiger partial charge < -0.3 is 5.32 Å². The monoisotopic (exact) mass is 293 g/mol. The fourth-order valence-electron chi connectivity index (χ4n) is 2.99. The van der Waals surface area contributed by atoms with Gasteiger partial charge in [0.2, 0.25) is 0 Å². The first-order valence-corrected chi connectivity index (χ1v) is 7.81. The summed E-state index contributed by atoms with van der Waals surface area (Å²) in [5, 5.41) is 3.52. The lowest BCUT2D eigenvalue weighted by molar-refractivity contribution is 0.589. The summed E-state index contributed by atoms with van der Waals surface area (Å²) in [6.45, 7) is 8.76. The maximum absolute atomic E-state index is 4.52. The average molecular weight is 293 g/mol. The van der Waals surface area contributed by atoms with E-state index in [1.54, 1.807) is 12.4 Å². The normalized spacial score (nSPS) is 20.9. The number of allylic oxidation sites excluding steroid dienone is 1. The molecule has 22 heavy (non-hydrogen) atoms. The van der Waals surface area contributed by atoms with Crippen LogP contribution in [0.1, 0.15) is 56.5 Å². The van der Waals surface area contributed by atoms with Gasteiger partial charge in [-0.25, -0.2) is 4.98 Å². The molecule has 3 nitrogen and oxygen atoms in total. The summed E-state index contributed by atoms with van der Waals surface area (Å²) in [5.41, 5.74) is 3.84. The second kappa shape index (κ2) is 5.56. The first-order valence-electron chi connectivity index (χ1n) is 7.81. The minimum absolute atomic E-state index is 0.177. The summed E-state index contributed by atoms with van der Waals surface area (Å²) in [6.07, 6.45) is 7.80. The van der Waals surface area contributed by atoms with Crippen LogP contribution in [0.5, 0.6) is 0 Å². The van der Waals surface area contributed by atoms with Crippen molar-refractivity contribution in [1.29, 1.82) is 0 Å². The van der Waals surface area contributed by atoms with Crippen LogP contribution in [0.2, 0.25) is 0 Å². The molecule has 2 heterocycles. The maximum atomic E-state index is 4.52. The number of rotatable bonds is 2. The highest BCUT2D eigenvalue weighted by atomic mass is 15.1. The molecule has 1 N–H and O–H groups in total. The molecule has 1 aromatic heterocycles. The van der Waals surface area contributed by atoms with Crippen LogP contribution in [0.3, 0.4) is 0 Å². The van der Waals surface area contributed by atoms with Crippen LogP contribution in [0.15, 0.2) is 48.8 Å². The highest BCUT2D eigenvalue weighted by molar-refractivity contribution is 5.54. The van der Waals surface area contributed by atoms with Crippen LogP contribution in [-0.2, 0) is 5.41 Å². The molecular formula is C19H23N3. The number of anilines is 1. The Bertz CT molecular complexity index is 681. The van der Waals surface area contributed by atoms with Gasteiger partial charge in [0.05, 0.1) is 11.7 Å². The van der Waals surface area contributed by atoms with Crippen LogP contribution in [-0.4, -0.2) is 9.97 Å². The van der Waals surface area contributed by atoms with Gasteiger partial charge in [0, 0.05) is 18.3 Å². The summed E-state index contributed by atoms with van der Waals surface area (Å²) in [5.74, 6) is 1.13. The van der Waals surface area contributed by atoms with E-state index in [1.165, 1.54) is 11.1 Å². The van der Waals surface area contributed by atoms with Crippen LogP contribution < -0.4 is 5.32 Å². The minimum Gasteiger partial charge on any atom is -0.361 e. The zero-order valence-electron chi connectivity index (χ0n) is 13.7. The smallest absolute Gasteiger partial charge is 0.148 e. The quantitative estimate of drug-likeness (QED) is 0.822. The zero-order chi connectivity index (χ0) is 15.7. The van der Waals surface area contributed by atoms with Crippen molar-refractivity contribution in [3.63, 3.8) is 0 Å². The SMILES string of the molecule is C/C=C/C1c2nccnc2NC1c1ccc(C(C)(C)C)cc1. The second-order valence-electron chi connectivity index (χ2n) is 6.84. The van der Waals surface area contributed by atoms with E-state index in [-0.39, 0.29) is 17.4 Å². The number of hydrogen-bond donors (Lipinski definition) is 1. The second-order valence-corrected chi connectivity index (χ2v) is 6.84. The zero-order valence-corrected chi connectivity index (χ0v) is 13.7. The van der Waals surface area contributed by atoms with E-state index in [0.29, 0.717) is 0 Å². The highest BCUT2D eigenvalue weighted by Crippen LogP contribution is 2.42. The Balaban J connectivity index is 1.95. The summed E-state index contributed by atoms with van der Waals surface area (Å²) >= 11 is 0. The Morgan fingerprint density at radius 2 is 1.73 bits per heavy atom. The van der Waals surface area contributed by atoms with E-state index in [2.05, 4.69) is 72.5 Å². The Hall–Kier alpha value is -2.16. The number of nitrogens with zero attached hydrogens (tertiary/aromatic N) is 2. The average Bonchev–Trinajstić information content (AvgIpc) is 2.86. The standard InChI is InChI=1S/C19H23N3/c1-5-6-15-16(22-18-17(15)20-11-12-21-18)13-7-9-14(10-8-13)19(2,3)4/h5-12,15-16H,1-4H3,(H,21,22)/b6-5+. The lowest BCUT2D eigenvalue weighted by atomic mass is 9.85. The van der Waals surface area contributed by atoms with Crippen molar-refractivity contribution in [1.82, 2.24) is 9.97 Å². The Morgan fingerprint density at radius 1 is 1.05 bits per heavy atom. The maximum Gasteiger partial charge on any atom is 0.148 e. The topological polar surface area (TPSA) is 37.8 Å². The molecule has 2 unspecified atom stereocenters. The van der Waals surface area contributed by atoms with Crippen molar-refractivity contribution >= 4 is 5.82 Å². The molecule has 0 spiro atoms. The van der Waals surface area contributed by atoms with E-state index in [1.807, 2.05) is 6.92 Å². The molecule has 2 atom stereocenters. The molecule has 1 aliphatic heterocycles. The number of fused-ring (bicyclic) bond motifs is 1. The number of benzene rings is 1. The van der Waals surface area contributed by atoms with Crippen molar-refractivity contribution in [2.45, 2.75) is 45.1 Å². The van der Waals surface area contributed by atoms with E-state index >= 15 is 0 Å². The summed E-state index contributed by atoms with van der Waals surface area (Å²) < 4.78 is 0. The van der Waals surface area contributed by atoms with Crippen molar-refractivity contribution < 1.29 is 0 Å². The third-order valence-electron chi connectivity index (χ3n) is 4.23. The van der Waals surface area contributed by atoms with Crippen LogP contribution in [0, 0.1) is 0 Å². The predicted molar refractivity (Wildman–Crippen MR) is 91.1 cm³/mol. The van der Waals surface area contributed by atoms with Gasteiger partial charge in [-0.15, -0.1) is 0 Å². The summed E-state index contributed by atoms with van der Waals surface area (Å²) in [4.78, 5) is 8.93. The molecule has 2 aromatic rings. The Kier molecular flexibility index (Phi) is 3.73. The molecule has 1 aliphatic rings. The number of hydrogen-bond acceptors (Lipinski definition) is 3. The summed E-state index contributed by atoms with van der Waals surface area (Å²) in [6, 6.07) is 9.10. The molecule has 114 valence electrons. The fraction of sp³-hybridized carbons (Fsp3) is 0.368. The predicted octanol–water partition coefficient (Wildman–Crippen LogP) is 4.60. The van der Waals surface area contributed by atoms with Gasteiger partial charge in [0.15, 0.2) is 0 Å². The lowest BCUT2D eigenvalue weighted by Crippen LogP contribution is -2.13. The van der Waals surface area contributed by atoms with Gasteiger partial charge in [-0.2, -0.15) is 0 Å². The molecule has 1 aromatic carbocycles. The van der Waals surface area contributed by atoms with Crippen molar-refractivity contribution in [2.24, 2.45) is 0 Å². The summed E-state index contributed by atoms with van der Waals surface area (Å²) in [7, 11) is 0. The van der Waals surface area contributed by atoms with Crippen molar-refractivity contribution in [2.75, 3.05) is 5.32 Å². The van der Waals surface area contributed by atoms with Gasteiger partial charge in [-0.3, -0.25) is 4.98 Å². The first kappa shape index (κ1) is 14.8. The first-order chi connectivity index (χ1) is 10.5. The largest absolute Gasteiger partial charge is 0.361 e. The molecule has 0 bridgehead atoms. The van der Waals surface area contributed by atoms with Gasteiger partial charge in [0.1, 0.15) is 5.82 Å². The fourth-order valence-corrected chi connectivity index (χ4v) is 2.99. The molecule has 0 amide bonds. The van der Waals surface area contributed by atoms with E-state index < -0.39 is 0 Å². The molecular weight excluding hydrogens is 270 g/mol. The molecule has 0 saturated heterocycles. The van der Waals surface area contributed by atoms with Crippen molar-refractivity contribution in [3.05, 3.63) is 65.6 Å². The van der Waals surface area contributed by atoms with Crippen LogP contribution in [0.4, 0.5) is 5.82 Å². The highest BCUT2D eigenvalue weighted by Gasteiger charge is 2.33. The molecule has 0 saturated carbocycles. The molecule has 0 radical (unpaired) electrons. The van der Waals surface area contributed by atoms with Gasteiger partial charge >= 0.3 is 0 Å². The number of nitrogens with one attached hydrogen (secondary N) is 1. The van der Waals surface area contributed by atoms with Crippen molar-refractivity contribution in [3.8, 4) is 0 Å². The van der Waals surface area contributed by atoms with E-state index in [4.69, 9.17) is 0 Å². The van der Waals surface area contributed by atoms with Gasteiger partial charge in [-0.05, 0) is 23.5 Å². The molecule has 3 rings (SSSR count). The van der Waals surface area contributed by atoms with Crippen LogP contribution in [0.25, 0.3) is 0 Å². The molecule has 0 aliphatic carbocycles. The third kappa shape index (κ3) is 2.63. The molecule has 3 heteroatoms. The number of aromatic nitrogens is 2. The Labute approximate surface area is 132 Å². The van der Waals surface area contributed by atoms with Crippen LogP contribution >= 0.6 is 0 Å². The van der Waals surface area contributed by atoms with Gasteiger partial charge in [0.25, 0.3) is 0 Å². The molecule has 0 fully saturated rings. The van der Waals surface area contributed by atoms with E-state index in [0.717, 1.165) is 11.5 Å². The van der Waals surface area contributed by atoms with Gasteiger partial charge in [-0.1, -0.05) is 57.2 Å². The Morgan fingerprint density at radius 3 is 2.36 bits per heavy atom. The lowest BCUT2D eigenvalue weighted by Gasteiger charge is -2.22. The minimum atomic E-state index is 0.177. The third-order valence-corrected chi connectivity index (χ3v) is 4.23.